The minimum Gasteiger partial charge on any atom is -0.377 e. The lowest BCUT2D eigenvalue weighted by atomic mass is 10.3. The smallest absolute Gasteiger partial charge is 0.160 e. The summed E-state index contributed by atoms with van der Waals surface area (Å²) in [6, 6.07) is 2.03. The minimum absolute atomic E-state index is 0.111. The van der Waals surface area contributed by atoms with E-state index in [1.54, 1.807) is 0 Å². The van der Waals surface area contributed by atoms with Crippen LogP contribution in [0.25, 0.3) is 11.2 Å². The van der Waals surface area contributed by atoms with Gasteiger partial charge in [0.25, 0.3) is 0 Å². The average Bonchev–Trinajstić information content (AvgIpc) is 2.67. The molecule has 0 aliphatic carbocycles. The van der Waals surface area contributed by atoms with Crippen LogP contribution in [0.3, 0.4) is 0 Å². The average molecular weight is 282 g/mol. The van der Waals surface area contributed by atoms with E-state index < -0.39 is 0 Å². The summed E-state index contributed by atoms with van der Waals surface area (Å²) in [6.07, 6.45) is 1.97. The van der Waals surface area contributed by atoms with Gasteiger partial charge in [0.05, 0.1) is 18.0 Å². The summed E-state index contributed by atoms with van der Waals surface area (Å²) in [5, 5.41) is -0.150. The lowest BCUT2D eigenvalue weighted by Gasteiger charge is -2.15. The van der Waals surface area contributed by atoms with Crippen LogP contribution in [0, 0.1) is 6.92 Å². The molecule has 2 aromatic heterocycles. The number of hydrogen-bond acceptors (Lipinski definition) is 3. The van der Waals surface area contributed by atoms with Crippen LogP contribution in [0.5, 0.6) is 0 Å². The SMILES string of the molecule is CCOC(C)Cn1c(C(C)Cl)nc2cc(C)cnc21. The highest BCUT2D eigenvalue weighted by Gasteiger charge is 2.17. The molecule has 0 radical (unpaired) electrons. The normalized spacial score (nSPS) is 14.8. The quantitative estimate of drug-likeness (QED) is 0.788. The Morgan fingerprint density at radius 1 is 1.42 bits per heavy atom. The highest BCUT2D eigenvalue weighted by atomic mass is 35.5. The molecule has 2 rings (SSSR count). The van der Waals surface area contributed by atoms with Gasteiger partial charge in [-0.1, -0.05) is 0 Å². The molecule has 0 saturated carbocycles. The Kier molecular flexibility index (Phi) is 4.42. The van der Waals surface area contributed by atoms with E-state index >= 15 is 0 Å². The number of hydrogen-bond donors (Lipinski definition) is 0. The molecular weight excluding hydrogens is 262 g/mol. The fraction of sp³-hybridized carbons (Fsp3) is 0.571. The number of nitrogens with zero attached hydrogens (tertiary/aromatic N) is 3. The van der Waals surface area contributed by atoms with Crippen molar-refractivity contribution in [3.63, 3.8) is 0 Å². The number of fused-ring (bicyclic) bond motifs is 1. The molecule has 0 spiro atoms. The van der Waals surface area contributed by atoms with Crippen LogP contribution in [0.2, 0.25) is 0 Å². The molecule has 2 unspecified atom stereocenters. The van der Waals surface area contributed by atoms with E-state index in [4.69, 9.17) is 16.3 Å². The third-order valence-electron chi connectivity index (χ3n) is 3.00. The van der Waals surface area contributed by atoms with Crippen LogP contribution in [-0.4, -0.2) is 27.2 Å². The Hall–Kier alpha value is -1.13. The molecule has 0 saturated heterocycles. The number of imidazole rings is 1. The molecule has 4 nitrogen and oxygen atoms in total. The van der Waals surface area contributed by atoms with E-state index in [1.165, 1.54) is 0 Å². The Labute approximate surface area is 118 Å². The molecule has 0 aliphatic heterocycles. The fourth-order valence-electron chi connectivity index (χ4n) is 2.21. The summed E-state index contributed by atoms with van der Waals surface area (Å²) in [6.45, 7) is 9.40. The summed E-state index contributed by atoms with van der Waals surface area (Å²) in [5.74, 6) is 0.848. The number of ether oxygens (including phenoxy) is 1. The number of halogens is 1. The second-order valence-corrected chi connectivity index (χ2v) is 5.47. The molecule has 0 N–H and O–H groups in total. The Morgan fingerprint density at radius 3 is 2.79 bits per heavy atom. The first-order valence-electron chi connectivity index (χ1n) is 6.61. The highest BCUT2D eigenvalue weighted by molar-refractivity contribution is 6.20. The van der Waals surface area contributed by atoms with Crippen LogP contribution in [0.15, 0.2) is 12.3 Å². The number of rotatable bonds is 5. The molecule has 0 amide bonds. The zero-order chi connectivity index (χ0) is 14.0. The first kappa shape index (κ1) is 14.3. The van der Waals surface area contributed by atoms with Gasteiger partial charge in [0, 0.05) is 12.8 Å². The van der Waals surface area contributed by atoms with Gasteiger partial charge in [0.2, 0.25) is 0 Å². The number of aromatic nitrogens is 3. The van der Waals surface area contributed by atoms with Gasteiger partial charge >= 0.3 is 0 Å². The first-order valence-corrected chi connectivity index (χ1v) is 7.05. The molecule has 2 heterocycles. The highest BCUT2D eigenvalue weighted by Crippen LogP contribution is 2.24. The van der Waals surface area contributed by atoms with Crippen molar-refractivity contribution in [1.29, 1.82) is 0 Å². The van der Waals surface area contributed by atoms with Crippen molar-refractivity contribution >= 4 is 22.8 Å². The van der Waals surface area contributed by atoms with Crippen LogP contribution in [0.1, 0.15) is 37.5 Å². The van der Waals surface area contributed by atoms with Gasteiger partial charge in [0.1, 0.15) is 11.3 Å². The zero-order valence-corrected chi connectivity index (χ0v) is 12.6. The van der Waals surface area contributed by atoms with Crippen molar-refractivity contribution in [1.82, 2.24) is 14.5 Å². The van der Waals surface area contributed by atoms with E-state index in [-0.39, 0.29) is 11.5 Å². The molecule has 19 heavy (non-hydrogen) atoms. The van der Waals surface area contributed by atoms with Crippen molar-refractivity contribution in [2.75, 3.05) is 6.61 Å². The molecule has 2 aromatic rings. The number of pyridine rings is 1. The predicted molar refractivity (Wildman–Crippen MR) is 77.6 cm³/mol. The Bertz CT molecular complexity index is 565. The van der Waals surface area contributed by atoms with Crippen molar-refractivity contribution < 1.29 is 4.74 Å². The second-order valence-electron chi connectivity index (χ2n) is 4.82. The van der Waals surface area contributed by atoms with Crippen molar-refractivity contribution in [3.8, 4) is 0 Å². The number of alkyl halides is 1. The minimum atomic E-state index is -0.150. The largest absolute Gasteiger partial charge is 0.377 e. The predicted octanol–water partition coefficient (Wildman–Crippen LogP) is 3.46. The molecule has 2 atom stereocenters. The second kappa shape index (κ2) is 5.88. The summed E-state index contributed by atoms with van der Waals surface area (Å²) in [5.41, 5.74) is 2.87. The Morgan fingerprint density at radius 2 is 2.16 bits per heavy atom. The lowest BCUT2D eigenvalue weighted by Crippen LogP contribution is -2.18. The van der Waals surface area contributed by atoms with Gasteiger partial charge < -0.3 is 9.30 Å². The van der Waals surface area contributed by atoms with E-state index in [9.17, 15) is 0 Å². The lowest BCUT2D eigenvalue weighted by molar-refractivity contribution is 0.0641. The van der Waals surface area contributed by atoms with Crippen LogP contribution in [0.4, 0.5) is 0 Å². The summed E-state index contributed by atoms with van der Waals surface area (Å²) in [4.78, 5) is 9.08. The van der Waals surface area contributed by atoms with Gasteiger partial charge in [-0.2, -0.15) is 0 Å². The summed E-state index contributed by atoms with van der Waals surface area (Å²) in [7, 11) is 0. The maximum atomic E-state index is 6.23. The van der Waals surface area contributed by atoms with Gasteiger partial charge in [-0.3, -0.25) is 0 Å². The third-order valence-corrected chi connectivity index (χ3v) is 3.19. The van der Waals surface area contributed by atoms with Gasteiger partial charge in [0.15, 0.2) is 5.65 Å². The molecular formula is C14H20ClN3O. The fourth-order valence-corrected chi connectivity index (χ4v) is 2.37. The van der Waals surface area contributed by atoms with E-state index in [2.05, 4.69) is 14.5 Å². The summed E-state index contributed by atoms with van der Waals surface area (Å²) >= 11 is 6.23. The van der Waals surface area contributed by atoms with Crippen molar-refractivity contribution in [2.24, 2.45) is 0 Å². The monoisotopic (exact) mass is 281 g/mol. The first-order chi connectivity index (χ1) is 9.02. The summed E-state index contributed by atoms with van der Waals surface area (Å²) < 4.78 is 7.67. The molecule has 0 bridgehead atoms. The molecule has 0 aliphatic rings. The van der Waals surface area contributed by atoms with Crippen LogP contribution >= 0.6 is 11.6 Å². The molecule has 5 heteroatoms. The third kappa shape index (κ3) is 3.07. The van der Waals surface area contributed by atoms with Crippen LogP contribution < -0.4 is 0 Å². The van der Waals surface area contributed by atoms with E-state index in [0.717, 1.165) is 22.6 Å². The van der Waals surface area contributed by atoms with Crippen molar-refractivity contribution in [2.45, 2.75) is 45.7 Å². The van der Waals surface area contributed by atoms with Crippen LogP contribution in [-0.2, 0) is 11.3 Å². The topological polar surface area (TPSA) is 39.9 Å². The maximum absolute atomic E-state index is 6.23. The number of aryl methyl sites for hydroxylation is 1. The van der Waals surface area contributed by atoms with Gasteiger partial charge in [-0.05, 0) is 39.3 Å². The zero-order valence-electron chi connectivity index (χ0n) is 11.9. The van der Waals surface area contributed by atoms with E-state index in [1.807, 2.05) is 40.0 Å². The maximum Gasteiger partial charge on any atom is 0.160 e. The van der Waals surface area contributed by atoms with Gasteiger partial charge in [-0.15, -0.1) is 11.6 Å². The van der Waals surface area contributed by atoms with E-state index in [0.29, 0.717) is 13.2 Å². The Balaban J connectivity index is 2.46. The molecule has 104 valence electrons. The van der Waals surface area contributed by atoms with Crippen molar-refractivity contribution in [3.05, 3.63) is 23.7 Å². The molecule has 0 fully saturated rings. The standard InChI is InChI=1S/C14H20ClN3O/c1-5-19-10(3)8-18-13(11(4)15)17-12-6-9(2)7-16-14(12)18/h6-7,10-11H,5,8H2,1-4H3. The molecule has 0 aromatic carbocycles. The van der Waals surface area contributed by atoms with Gasteiger partial charge in [-0.25, -0.2) is 9.97 Å².